The maximum absolute atomic E-state index is 12.4. The average molecular weight is 342 g/mol. The Morgan fingerprint density at radius 3 is 2.42 bits per heavy atom. The number of carbonyl (C=O) groups is 3. The lowest BCUT2D eigenvalue weighted by molar-refractivity contribution is -0.119. The third kappa shape index (κ3) is 2.39. The second-order valence-electron chi connectivity index (χ2n) is 5.91. The Morgan fingerprint density at radius 2 is 1.83 bits per heavy atom. The highest BCUT2D eigenvalue weighted by Crippen LogP contribution is 2.42. The monoisotopic (exact) mass is 342 g/mol. The Morgan fingerprint density at radius 1 is 1.21 bits per heavy atom. The molecular formula is C16H14N4O3S. The van der Waals surface area contributed by atoms with Crippen molar-refractivity contribution in [3.8, 4) is 0 Å². The van der Waals surface area contributed by atoms with Crippen LogP contribution < -0.4 is 5.32 Å². The predicted octanol–water partition coefficient (Wildman–Crippen LogP) is 2.04. The van der Waals surface area contributed by atoms with E-state index in [1.54, 1.807) is 24.3 Å². The zero-order valence-electron chi connectivity index (χ0n) is 12.9. The molecule has 8 heteroatoms. The number of nitrogens with zero attached hydrogens (tertiary/aromatic N) is 3. The van der Waals surface area contributed by atoms with Crippen molar-refractivity contribution in [2.24, 2.45) is 0 Å². The van der Waals surface area contributed by atoms with E-state index in [0.717, 1.165) is 22.7 Å². The van der Waals surface area contributed by atoms with E-state index in [4.69, 9.17) is 0 Å². The van der Waals surface area contributed by atoms with Crippen LogP contribution in [0.15, 0.2) is 24.3 Å². The van der Waals surface area contributed by atoms with Crippen LogP contribution in [-0.4, -0.2) is 38.9 Å². The summed E-state index contributed by atoms with van der Waals surface area (Å²) in [5.74, 6) is -0.895. The van der Waals surface area contributed by atoms with E-state index in [1.807, 2.05) is 0 Å². The molecular weight excluding hydrogens is 328 g/mol. The molecule has 1 unspecified atom stereocenters. The van der Waals surface area contributed by atoms with E-state index in [1.165, 1.54) is 18.3 Å². The molecule has 2 heterocycles. The molecule has 0 saturated heterocycles. The smallest absolute Gasteiger partial charge is 0.262 e. The first-order valence-electron chi connectivity index (χ1n) is 7.67. The summed E-state index contributed by atoms with van der Waals surface area (Å²) in [5, 5.41) is 12.0. The van der Waals surface area contributed by atoms with Crippen molar-refractivity contribution in [2.75, 3.05) is 5.32 Å². The fourth-order valence-corrected chi connectivity index (χ4v) is 3.58. The van der Waals surface area contributed by atoms with Gasteiger partial charge in [-0.25, -0.2) is 0 Å². The molecule has 2 aromatic rings. The van der Waals surface area contributed by atoms with Crippen molar-refractivity contribution in [2.45, 2.75) is 31.7 Å². The fourth-order valence-electron chi connectivity index (χ4n) is 2.67. The van der Waals surface area contributed by atoms with Crippen molar-refractivity contribution >= 4 is 34.2 Å². The number of nitrogens with one attached hydrogen (secondary N) is 1. The highest BCUT2D eigenvalue weighted by molar-refractivity contribution is 7.15. The zero-order valence-corrected chi connectivity index (χ0v) is 13.7. The molecule has 2 aliphatic rings. The lowest BCUT2D eigenvalue weighted by Crippen LogP contribution is -2.45. The van der Waals surface area contributed by atoms with Gasteiger partial charge < -0.3 is 0 Å². The summed E-state index contributed by atoms with van der Waals surface area (Å²) >= 11 is 1.34. The number of hydrogen-bond acceptors (Lipinski definition) is 6. The van der Waals surface area contributed by atoms with Gasteiger partial charge in [-0.05, 0) is 31.9 Å². The fraction of sp³-hybridized carbons (Fsp3) is 0.312. The van der Waals surface area contributed by atoms with Crippen molar-refractivity contribution in [1.82, 2.24) is 15.1 Å². The van der Waals surface area contributed by atoms with Gasteiger partial charge in [-0.1, -0.05) is 23.5 Å². The summed E-state index contributed by atoms with van der Waals surface area (Å²) < 4.78 is 0. The summed E-state index contributed by atoms with van der Waals surface area (Å²) in [5.41, 5.74) is 0.656. The Balaban J connectivity index is 1.50. The topological polar surface area (TPSA) is 92.3 Å². The number of hydrogen-bond donors (Lipinski definition) is 1. The number of amides is 3. The second kappa shape index (κ2) is 5.48. The number of anilines is 1. The number of carbonyl (C=O) groups excluding carboxylic acids is 3. The van der Waals surface area contributed by atoms with E-state index in [0.29, 0.717) is 22.2 Å². The molecule has 122 valence electrons. The van der Waals surface area contributed by atoms with E-state index in [9.17, 15) is 14.4 Å². The first-order chi connectivity index (χ1) is 11.6. The second-order valence-corrected chi connectivity index (χ2v) is 6.92. The van der Waals surface area contributed by atoms with E-state index in [-0.39, 0.29) is 0 Å². The third-order valence-corrected chi connectivity index (χ3v) is 5.19. The Bertz CT molecular complexity index is 824. The number of fused-ring (bicyclic) bond motifs is 1. The molecule has 0 bridgehead atoms. The zero-order chi connectivity index (χ0) is 16.8. The lowest BCUT2D eigenvalue weighted by atomic mass is 10.1. The standard InChI is InChI=1S/C16H14N4O3S/c1-8(12(21)17-16-19-18-13(24-16)9-6-7-9)20-14(22)10-4-2-3-5-11(10)15(20)23/h2-5,8-9H,6-7H2,1H3,(H,17,19,21). The number of rotatable bonds is 4. The molecule has 1 aromatic carbocycles. The van der Waals surface area contributed by atoms with Crippen LogP contribution in [0.3, 0.4) is 0 Å². The van der Waals surface area contributed by atoms with E-state index < -0.39 is 23.8 Å². The van der Waals surface area contributed by atoms with Crippen molar-refractivity contribution in [3.63, 3.8) is 0 Å². The van der Waals surface area contributed by atoms with Crippen LogP contribution in [0.2, 0.25) is 0 Å². The molecule has 7 nitrogen and oxygen atoms in total. The molecule has 1 saturated carbocycles. The van der Waals surface area contributed by atoms with Crippen molar-refractivity contribution < 1.29 is 14.4 Å². The van der Waals surface area contributed by atoms with E-state index >= 15 is 0 Å². The Labute approximate surface area is 141 Å². The molecule has 4 rings (SSSR count). The molecule has 1 aliphatic heterocycles. The van der Waals surface area contributed by atoms with Gasteiger partial charge in [-0.15, -0.1) is 10.2 Å². The van der Waals surface area contributed by atoms with Crippen molar-refractivity contribution in [1.29, 1.82) is 0 Å². The molecule has 1 atom stereocenters. The van der Waals surface area contributed by atoms with Gasteiger partial charge in [-0.3, -0.25) is 24.6 Å². The lowest BCUT2D eigenvalue weighted by Gasteiger charge is -2.20. The normalized spacial score (nSPS) is 17.8. The molecule has 1 aliphatic carbocycles. The molecule has 3 amide bonds. The van der Waals surface area contributed by atoms with Gasteiger partial charge in [0.05, 0.1) is 11.1 Å². The van der Waals surface area contributed by atoms with Gasteiger partial charge >= 0.3 is 0 Å². The molecule has 24 heavy (non-hydrogen) atoms. The average Bonchev–Trinajstić information content (AvgIpc) is 3.28. The summed E-state index contributed by atoms with van der Waals surface area (Å²) in [6.45, 7) is 1.53. The molecule has 0 radical (unpaired) electrons. The molecule has 1 aromatic heterocycles. The maximum atomic E-state index is 12.4. The highest BCUT2D eigenvalue weighted by Gasteiger charge is 2.40. The van der Waals surface area contributed by atoms with Crippen LogP contribution in [0.1, 0.15) is 51.4 Å². The minimum absolute atomic E-state index is 0.328. The first kappa shape index (κ1) is 14.9. The van der Waals surface area contributed by atoms with Gasteiger partial charge in [0.25, 0.3) is 11.8 Å². The Hall–Kier alpha value is -2.61. The van der Waals surface area contributed by atoms with Crippen LogP contribution in [0.5, 0.6) is 0 Å². The summed E-state index contributed by atoms with van der Waals surface area (Å²) in [7, 11) is 0. The van der Waals surface area contributed by atoms with Crippen LogP contribution >= 0.6 is 11.3 Å². The quantitative estimate of drug-likeness (QED) is 0.859. The summed E-state index contributed by atoms with van der Waals surface area (Å²) in [6, 6.07) is 5.64. The Kier molecular flexibility index (Phi) is 3.42. The van der Waals surface area contributed by atoms with Gasteiger partial charge in [0.1, 0.15) is 11.0 Å². The van der Waals surface area contributed by atoms with Gasteiger partial charge in [0.15, 0.2) is 0 Å². The van der Waals surface area contributed by atoms with Gasteiger partial charge in [-0.2, -0.15) is 0 Å². The van der Waals surface area contributed by atoms with Crippen molar-refractivity contribution in [3.05, 3.63) is 40.4 Å². The van der Waals surface area contributed by atoms with Crippen LogP contribution in [0.4, 0.5) is 5.13 Å². The van der Waals surface area contributed by atoms with Crippen LogP contribution in [-0.2, 0) is 4.79 Å². The highest BCUT2D eigenvalue weighted by atomic mass is 32.1. The first-order valence-corrected chi connectivity index (χ1v) is 8.49. The number of aromatic nitrogens is 2. The minimum atomic E-state index is -0.925. The summed E-state index contributed by atoms with van der Waals surface area (Å²) in [6.07, 6.45) is 2.21. The number of imide groups is 1. The maximum Gasteiger partial charge on any atom is 0.262 e. The van der Waals surface area contributed by atoms with E-state index in [2.05, 4.69) is 15.5 Å². The summed E-state index contributed by atoms with van der Waals surface area (Å²) in [4.78, 5) is 38.2. The molecule has 0 spiro atoms. The minimum Gasteiger partial charge on any atom is -0.299 e. The molecule has 1 N–H and O–H groups in total. The van der Waals surface area contributed by atoms with Crippen LogP contribution in [0, 0.1) is 0 Å². The molecule has 1 fully saturated rings. The predicted molar refractivity (Wildman–Crippen MR) is 86.9 cm³/mol. The largest absolute Gasteiger partial charge is 0.299 e. The third-order valence-electron chi connectivity index (χ3n) is 4.19. The number of benzene rings is 1. The SMILES string of the molecule is CC(C(=O)Nc1nnc(C2CC2)s1)N1C(=O)c2ccccc2C1=O. The van der Waals surface area contributed by atoms with Gasteiger partial charge in [0, 0.05) is 5.92 Å². The van der Waals surface area contributed by atoms with Gasteiger partial charge in [0.2, 0.25) is 11.0 Å². The van der Waals surface area contributed by atoms with Crippen LogP contribution in [0.25, 0.3) is 0 Å².